The van der Waals surface area contributed by atoms with Crippen molar-refractivity contribution in [1.29, 1.82) is 0 Å². The Morgan fingerprint density at radius 3 is 2.86 bits per heavy atom. The van der Waals surface area contributed by atoms with E-state index in [4.69, 9.17) is 0 Å². The topological polar surface area (TPSA) is 70.5 Å². The fourth-order valence-corrected chi connectivity index (χ4v) is 4.42. The predicted molar refractivity (Wildman–Crippen MR) is 79.5 cm³/mol. The number of carbonyl (C=O) groups excluding carboxylic acids is 1. The van der Waals surface area contributed by atoms with Crippen molar-refractivity contribution in [2.75, 3.05) is 13.1 Å². The molecule has 1 N–H and O–H groups in total. The van der Waals surface area contributed by atoms with Crippen molar-refractivity contribution in [3.63, 3.8) is 0 Å². The molecule has 0 unspecified atom stereocenters. The molecule has 2 atom stereocenters. The third-order valence-electron chi connectivity index (χ3n) is 4.82. The van der Waals surface area contributed by atoms with Crippen LogP contribution in [0.4, 0.5) is 0 Å². The van der Waals surface area contributed by atoms with Crippen LogP contribution in [0.5, 0.6) is 0 Å². The molecule has 2 aliphatic rings. The molecule has 5 nitrogen and oxygen atoms in total. The van der Waals surface area contributed by atoms with Gasteiger partial charge in [0.05, 0.1) is 10.4 Å². The summed E-state index contributed by atoms with van der Waals surface area (Å²) in [4.78, 5) is 30.3. The summed E-state index contributed by atoms with van der Waals surface area (Å²) in [7, 11) is 0. The highest BCUT2D eigenvalue weighted by Gasteiger charge is 2.55. The highest BCUT2D eigenvalue weighted by atomic mass is 32.1. The molecule has 21 heavy (non-hydrogen) atoms. The molecule has 1 aromatic rings. The Hall–Kier alpha value is -1.43. The van der Waals surface area contributed by atoms with Crippen LogP contribution in [-0.2, 0) is 4.79 Å². The minimum Gasteiger partial charge on any atom is -0.481 e. The Bertz CT molecular complexity index is 583. The number of amides is 1. The zero-order valence-corrected chi connectivity index (χ0v) is 13.2. The summed E-state index contributed by atoms with van der Waals surface area (Å²) < 4.78 is 0. The third-order valence-corrected chi connectivity index (χ3v) is 5.96. The van der Waals surface area contributed by atoms with Crippen molar-refractivity contribution in [2.24, 2.45) is 11.3 Å². The average Bonchev–Trinajstić information content (AvgIpc) is 3.11. The normalized spacial score (nSPS) is 28.1. The number of thiazole rings is 1. The summed E-state index contributed by atoms with van der Waals surface area (Å²) in [5, 5.41) is 12.3. The van der Waals surface area contributed by atoms with Gasteiger partial charge in [0.2, 0.25) is 0 Å². The molecule has 1 aliphatic heterocycles. The lowest BCUT2D eigenvalue weighted by Crippen LogP contribution is -2.37. The van der Waals surface area contributed by atoms with Gasteiger partial charge in [-0.25, -0.2) is 4.98 Å². The van der Waals surface area contributed by atoms with E-state index in [0.29, 0.717) is 31.1 Å². The van der Waals surface area contributed by atoms with Crippen LogP contribution in [0.25, 0.3) is 0 Å². The van der Waals surface area contributed by atoms with E-state index in [9.17, 15) is 14.7 Å². The second-order valence-corrected chi connectivity index (χ2v) is 7.35. The quantitative estimate of drug-likeness (QED) is 0.931. The first-order valence-corrected chi connectivity index (χ1v) is 8.30. The van der Waals surface area contributed by atoms with Crippen LogP contribution in [0.2, 0.25) is 0 Å². The zero-order valence-electron chi connectivity index (χ0n) is 12.3. The van der Waals surface area contributed by atoms with Crippen LogP contribution in [-0.4, -0.2) is 40.0 Å². The largest absolute Gasteiger partial charge is 0.481 e. The van der Waals surface area contributed by atoms with Gasteiger partial charge in [-0.1, -0.05) is 20.3 Å². The molecule has 0 spiro atoms. The Kier molecular flexibility index (Phi) is 3.51. The molecule has 1 saturated carbocycles. The smallest absolute Gasteiger partial charge is 0.311 e. The number of hydrogen-bond acceptors (Lipinski definition) is 4. The third kappa shape index (κ3) is 2.25. The highest BCUT2D eigenvalue weighted by molar-refractivity contribution is 7.09. The van der Waals surface area contributed by atoms with Crippen molar-refractivity contribution < 1.29 is 14.7 Å². The van der Waals surface area contributed by atoms with E-state index in [2.05, 4.69) is 4.98 Å². The fraction of sp³-hybridized carbons (Fsp3) is 0.667. The maximum atomic E-state index is 12.6. The summed E-state index contributed by atoms with van der Waals surface area (Å²) in [6, 6.07) is 0. The molecule has 1 aromatic heterocycles. The van der Waals surface area contributed by atoms with E-state index in [1.165, 1.54) is 11.3 Å². The van der Waals surface area contributed by atoms with Gasteiger partial charge in [-0.3, -0.25) is 9.59 Å². The van der Waals surface area contributed by atoms with Gasteiger partial charge >= 0.3 is 5.97 Å². The Morgan fingerprint density at radius 2 is 2.29 bits per heavy atom. The van der Waals surface area contributed by atoms with Gasteiger partial charge in [0.1, 0.15) is 5.69 Å². The summed E-state index contributed by atoms with van der Waals surface area (Å²) in [5.74, 6) is -0.461. The summed E-state index contributed by atoms with van der Waals surface area (Å²) in [5.41, 5.74) is -0.253. The lowest BCUT2D eigenvalue weighted by atomic mass is 9.81. The fourth-order valence-electron chi connectivity index (χ4n) is 3.61. The molecule has 1 saturated heterocycles. The second-order valence-electron chi connectivity index (χ2n) is 6.46. The number of nitrogens with zero attached hydrogens (tertiary/aromatic N) is 2. The number of rotatable bonds is 3. The van der Waals surface area contributed by atoms with E-state index in [1.807, 2.05) is 13.8 Å². The SMILES string of the molecule is CC(C)c1nc(C(=O)N2C[C@@H]3CCC[C@@]3(C(=O)O)C2)cs1. The van der Waals surface area contributed by atoms with Gasteiger partial charge in [0, 0.05) is 24.4 Å². The molecular formula is C15H20N2O3S. The monoisotopic (exact) mass is 308 g/mol. The van der Waals surface area contributed by atoms with E-state index >= 15 is 0 Å². The van der Waals surface area contributed by atoms with Crippen molar-refractivity contribution >= 4 is 23.2 Å². The van der Waals surface area contributed by atoms with Crippen molar-refractivity contribution in [2.45, 2.75) is 39.0 Å². The number of fused-ring (bicyclic) bond motifs is 1. The highest BCUT2D eigenvalue weighted by Crippen LogP contribution is 2.49. The van der Waals surface area contributed by atoms with Crippen molar-refractivity contribution in [3.8, 4) is 0 Å². The van der Waals surface area contributed by atoms with Crippen molar-refractivity contribution in [3.05, 3.63) is 16.1 Å². The molecule has 1 amide bonds. The lowest BCUT2D eigenvalue weighted by Gasteiger charge is -2.23. The molecule has 114 valence electrons. The number of likely N-dealkylation sites (tertiary alicyclic amines) is 1. The van der Waals surface area contributed by atoms with Crippen molar-refractivity contribution in [1.82, 2.24) is 9.88 Å². The maximum Gasteiger partial charge on any atom is 0.311 e. The predicted octanol–water partition coefficient (Wildman–Crippen LogP) is 2.59. The number of hydrogen-bond donors (Lipinski definition) is 1. The van der Waals surface area contributed by atoms with Gasteiger partial charge in [-0.2, -0.15) is 0 Å². The second kappa shape index (κ2) is 5.09. The number of aliphatic carboxylic acids is 1. The van der Waals surface area contributed by atoms with Gasteiger partial charge in [-0.15, -0.1) is 11.3 Å². The average molecular weight is 308 g/mol. The number of carbonyl (C=O) groups is 2. The standard InChI is InChI=1S/C15H20N2O3S/c1-9(2)12-16-11(7-21-12)13(18)17-6-10-4-3-5-15(10,8-17)14(19)20/h7,9-10H,3-6,8H2,1-2H3,(H,19,20)/t10-,15+/m0/s1. The van der Waals surface area contributed by atoms with Crippen LogP contribution < -0.4 is 0 Å². The maximum absolute atomic E-state index is 12.6. The lowest BCUT2D eigenvalue weighted by molar-refractivity contribution is -0.149. The minimum atomic E-state index is -0.749. The van der Waals surface area contributed by atoms with E-state index < -0.39 is 11.4 Å². The molecule has 6 heteroatoms. The first kappa shape index (κ1) is 14.5. The summed E-state index contributed by atoms with van der Waals surface area (Å²) in [6.07, 6.45) is 2.54. The molecule has 3 rings (SSSR count). The first-order valence-electron chi connectivity index (χ1n) is 7.42. The van der Waals surface area contributed by atoms with Gasteiger partial charge < -0.3 is 10.0 Å². The number of carboxylic acids is 1. The molecule has 2 fully saturated rings. The Balaban J connectivity index is 1.79. The first-order chi connectivity index (χ1) is 9.94. The molecule has 1 aliphatic carbocycles. The molecule has 0 bridgehead atoms. The summed E-state index contributed by atoms with van der Waals surface area (Å²) >= 11 is 1.50. The van der Waals surface area contributed by atoms with E-state index in [1.54, 1.807) is 10.3 Å². The van der Waals surface area contributed by atoms with E-state index in [-0.39, 0.29) is 11.8 Å². The number of aromatic nitrogens is 1. The Morgan fingerprint density at radius 1 is 1.52 bits per heavy atom. The molecule has 0 aromatic carbocycles. The van der Waals surface area contributed by atoms with Crippen LogP contribution >= 0.6 is 11.3 Å². The minimum absolute atomic E-state index is 0.0992. The van der Waals surface area contributed by atoms with Crippen LogP contribution in [0, 0.1) is 11.3 Å². The molecule has 2 heterocycles. The molecule has 0 radical (unpaired) electrons. The zero-order chi connectivity index (χ0) is 15.2. The van der Waals surface area contributed by atoms with Crippen LogP contribution in [0.3, 0.4) is 0 Å². The van der Waals surface area contributed by atoms with Gasteiger partial charge in [0.25, 0.3) is 5.91 Å². The van der Waals surface area contributed by atoms with Gasteiger partial charge in [-0.05, 0) is 18.8 Å². The van der Waals surface area contributed by atoms with Gasteiger partial charge in [0.15, 0.2) is 0 Å². The Labute approximate surface area is 128 Å². The molecular weight excluding hydrogens is 288 g/mol. The van der Waals surface area contributed by atoms with Crippen LogP contribution in [0.1, 0.15) is 54.5 Å². The summed E-state index contributed by atoms with van der Waals surface area (Å²) in [6.45, 7) is 4.99. The van der Waals surface area contributed by atoms with E-state index in [0.717, 1.165) is 17.8 Å². The van der Waals surface area contributed by atoms with Crippen LogP contribution in [0.15, 0.2) is 5.38 Å². The number of carboxylic acid groups (broad SMARTS) is 1.